The van der Waals surface area contributed by atoms with E-state index in [1.54, 1.807) is 0 Å². The van der Waals surface area contributed by atoms with Crippen LogP contribution in [-0.4, -0.2) is 19.6 Å². The average Bonchev–Trinajstić information content (AvgIpc) is 2.82. The van der Waals surface area contributed by atoms with Gasteiger partial charge in [0, 0.05) is 12.6 Å². The number of rotatable bonds is 6. The van der Waals surface area contributed by atoms with Gasteiger partial charge in [-0.05, 0) is 47.9 Å². The van der Waals surface area contributed by atoms with Crippen LogP contribution in [0, 0.1) is 5.92 Å². The van der Waals surface area contributed by atoms with E-state index in [0.29, 0.717) is 0 Å². The molecule has 0 amide bonds. The lowest BCUT2D eigenvalue weighted by Gasteiger charge is -2.44. The highest BCUT2D eigenvalue weighted by molar-refractivity contribution is 5.89. The smallest absolute Gasteiger partial charge is 0.321 e. The fraction of sp³-hybridized carbons (Fsp3) is 0.296. The number of carbonyl (C=O) groups is 1. The standard InChI is InChI=1S/C27H29NO2/c1-20(21-11-5-3-6-12-21)28-19-24-18-17-22-13-9-10-16-25(22)27(24,26(29)30-2)23-14-7-4-8-15-23/h3-16,20,24,28H,17-19H2,1-2H3. The van der Waals surface area contributed by atoms with Crippen molar-refractivity contribution in [2.24, 2.45) is 5.92 Å². The Bertz CT molecular complexity index is 986. The minimum Gasteiger partial charge on any atom is -0.468 e. The van der Waals surface area contributed by atoms with Crippen molar-refractivity contribution in [1.29, 1.82) is 0 Å². The molecule has 1 N–H and O–H groups in total. The largest absolute Gasteiger partial charge is 0.468 e. The lowest BCUT2D eigenvalue weighted by atomic mass is 9.59. The number of hydrogen-bond donors (Lipinski definition) is 1. The molecule has 3 aromatic carbocycles. The van der Waals surface area contributed by atoms with Crippen LogP contribution in [0.25, 0.3) is 0 Å². The highest BCUT2D eigenvalue weighted by Gasteiger charge is 2.52. The zero-order valence-corrected chi connectivity index (χ0v) is 17.7. The number of carbonyl (C=O) groups excluding carboxylic acids is 1. The number of methoxy groups -OCH3 is 1. The summed E-state index contributed by atoms with van der Waals surface area (Å²) in [6, 6.07) is 29.1. The summed E-state index contributed by atoms with van der Waals surface area (Å²) >= 11 is 0. The summed E-state index contributed by atoms with van der Waals surface area (Å²) in [4.78, 5) is 13.5. The van der Waals surface area contributed by atoms with Crippen LogP contribution < -0.4 is 5.32 Å². The minimum atomic E-state index is -0.811. The zero-order valence-electron chi connectivity index (χ0n) is 17.7. The van der Waals surface area contributed by atoms with Crippen LogP contribution in [0.5, 0.6) is 0 Å². The SMILES string of the molecule is COC(=O)C1(c2ccccc2)c2ccccc2CCC1CNC(C)c1ccccc1. The van der Waals surface area contributed by atoms with Crippen LogP contribution in [-0.2, 0) is 21.4 Å². The van der Waals surface area contributed by atoms with Gasteiger partial charge in [-0.3, -0.25) is 4.79 Å². The second-order valence-corrected chi connectivity index (χ2v) is 8.10. The Hall–Kier alpha value is -2.91. The Kier molecular flexibility index (Phi) is 6.01. The highest BCUT2D eigenvalue weighted by atomic mass is 16.5. The van der Waals surface area contributed by atoms with Gasteiger partial charge in [0.05, 0.1) is 7.11 Å². The number of fused-ring (bicyclic) bond motifs is 1. The summed E-state index contributed by atoms with van der Waals surface area (Å²) in [5.74, 6) is -0.0894. The van der Waals surface area contributed by atoms with Crippen LogP contribution in [0.3, 0.4) is 0 Å². The number of ether oxygens (including phenoxy) is 1. The van der Waals surface area contributed by atoms with Gasteiger partial charge in [0.15, 0.2) is 0 Å². The first-order chi connectivity index (χ1) is 14.7. The molecule has 1 aliphatic carbocycles. The minimum absolute atomic E-state index is 0.0911. The summed E-state index contributed by atoms with van der Waals surface area (Å²) in [7, 11) is 1.50. The molecule has 3 atom stereocenters. The predicted octanol–water partition coefficient (Wildman–Crippen LogP) is 5.06. The lowest BCUT2D eigenvalue weighted by molar-refractivity contribution is -0.148. The number of benzene rings is 3. The van der Waals surface area contributed by atoms with E-state index in [4.69, 9.17) is 4.74 Å². The molecule has 0 heterocycles. The van der Waals surface area contributed by atoms with E-state index in [9.17, 15) is 4.79 Å². The van der Waals surface area contributed by atoms with Gasteiger partial charge in [0.1, 0.15) is 5.41 Å². The summed E-state index contributed by atoms with van der Waals surface area (Å²) in [6.45, 7) is 2.91. The molecule has 154 valence electrons. The Labute approximate surface area is 179 Å². The molecule has 1 aliphatic rings. The molecule has 0 saturated heterocycles. The fourth-order valence-corrected chi connectivity index (χ4v) is 4.97. The molecular weight excluding hydrogens is 370 g/mol. The Morgan fingerprint density at radius 2 is 1.63 bits per heavy atom. The monoisotopic (exact) mass is 399 g/mol. The Balaban J connectivity index is 1.76. The molecule has 0 radical (unpaired) electrons. The van der Waals surface area contributed by atoms with Gasteiger partial charge < -0.3 is 10.1 Å². The maximum atomic E-state index is 13.5. The van der Waals surface area contributed by atoms with E-state index in [2.05, 4.69) is 66.8 Å². The van der Waals surface area contributed by atoms with Crippen molar-refractivity contribution in [1.82, 2.24) is 5.32 Å². The van der Waals surface area contributed by atoms with Crippen LogP contribution in [0.4, 0.5) is 0 Å². The van der Waals surface area contributed by atoms with Crippen molar-refractivity contribution in [3.8, 4) is 0 Å². The maximum absolute atomic E-state index is 13.5. The molecule has 0 fully saturated rings. The summed E-state index contributed by atoms with van der Waals surface area (Å²) in [5.41, 5.74) is 3.75. The van der Waals surface area contributed by atoms with E-state index in [-0.39, 0.29) is 17.9 Å². The van der Waals surface area contributed by atoms with E-state index in [0.717, 1.165) is 30.5 Å². The van der Waals surface area contributed by atoms with Crippen LogP contribution in [0.1, 0.15) is 41.6 Å². The Morgan fingerprint density at radius 1 is 1.00 bits per heavy atom. The number of hydrogen-bond acceptors (Lipinski definition) is 3. The van der Waals surface area contributed by atoms with E-state index < -0.39 is 5.41 Å². The van der Waals surface area contributed by atoms with Crippen LogP contribution >= 0.6 is 0 Å². The van der Waals surface area contributed by atoms with Gasteiger partial charge in [-0.2, -0.15) is 0 Å². The van der Waals surface area contributed by atoms with Gasteiger partial charge in [-0.1, -0.05) is 84.9 Å². The third-order valence-corrected chi connectivity index (χ3v) is 6.52. The zero-order chi connectivity index (χ0) is 21.0. The molecule has 0 aromatic heterocycles. The summed E-state index contributed by atoms with van der Waals surface area (Å²) in [6.07, 6.45) is 1.89. The molecule has 0 spiro atoms. The summed E-state index contributed by atoms with van der Waals surface area (Å²) in [5, 5.41) is 3.70. The van der Waals surface area contributed by atoms with Crippen molar-refractivity contribution in [2.75, 3.05) is 13.7 Å². The van der Waals surface area contributed by atoms with Gasteiger partial charge in [0.2, 0.25) is 0 Å². The van der Waals surface area contributed by atoms with Crippen LogP contribution in [0.2, 0.25) is 0 Å². The summed E-state index contributed by atoms with van der Waals surface area (Å²) < 4.78 is 5.46. The van der Waals surface area contributed by atoms with Crippen molar-refractivity contribution in [3.63, 3.8) is 0 Å². The molecular formula is C27H29NO2. The second-order valence-electron chi connectivity index (χ2n) is 8.10. The van der Waals surface area contributed by atoms with E-state index >= 15 is 0 Å². The van der Waals surface area contributed by atoms with Gasteiger partial charge >= 0.3 is 5.97 Å². The van der Waals surface area contributed by atoms with Gasteiger partial charge in [-0.25, -0.2) is 0 Å². The molecule has 0 saturated carbocycles. The van der Waals surface area contributed by atoms with Crippen molar-refractivity contribution in [3.05, 3.63) is 107 Å². The first-order valence-electron chi connectivity index (χ1n) is 10.7. The normalized spacial score (nSPS) is 21.5. The maximum Gasteiger partial charge on any atom is 0.321 e. The molecule has 30 heavy (non-hydrogen) atoms. The molecule has 4 rings (SSSR count). The molecule has 3 unspecified atom stereocenters. The highest BCUT2D eigenvalue weighted by Crippen LogP contribution is 2.47. The number of nitrogens with one attached hydrogen (secondary N) is 1. The van der Waals surface area contributed by atoms with Crippen molar-refractivity contribution >= 4 is 5.97 Å². The van der Waals surface area contributed by atoms with Crippen molar-refractivity contribution in [2.45, 2.75) is 31.2 Å². The number of esters is 1. The average molecular weight is 400 g/mol. The number of aryl methyl sites for hydroxylation is 1. The molecule has 3 nitrogen and oxygen atoms in total. The quantitative estimate of drug-likeness (QED) is 0.589. The van der Waals surface area contributed by atoms with E-state index in [1.165, 1.54) is 18.2 Å². The lowest BCUT2D eigenvalue weighted by Crippen LogP contribution is -2.51. The third kappa shape index (κ3) is 3.54. The topological polar surface area (TPSA) is 38.3 Å². The molecule has 3 aromatic rings. The van der Waals surface area contributed by atoms with Gasteiger partial charge in [0.25, 0.3) is 0 Å². The van der Waals surface area contributed by atoms with Gasteiger partial charge in [-0.15, -0.1) is 0 Å². The van der Waals surface area contributed by atoms with Crippen molar-refractivity contribution < 1.29 is 9.53 Å². The van der Waals surface area contributed by atoms with Crippen LogP contribution in [0.15, 0.2) is 84.9 Å². The third-order valence-electron chi connectivity index (χ3n) is 6.52. The molecule has 3 heteroatoms. The molecule has 0 bridgehead atoms. The fourth-order valence-electron chi connectivity index (χ4n) is 4.97. The second kappa shape index (κ2) is 8.85. The predicted molar refractivity (Wildman–Crippen MR) is 120 cm³/mol. The first kappa shape index (κ1) is 20.4. The Morgan fingerprint density at radius 3 is 2.33 bits per heavy atom. The molecule has 0 aliphatic heterocycles. The first-order valence-corrected chi connectivity index (χ1v) is 10.7. The van der Waals surface area contributed by atoms with E-state index in [1.807, 2.05) is 30.3 Å².